The highest BCUT2D eigenvalue weighted by Crippen LogP contribution is 2.17. The van der Waals surface area contributed by atoms with Crippen molar-refractivity contribution < 1.29 is 9.47 Å². The molecule has 1 N–H and O–H groups in total. The standard InChI is InChI=1S/C12H19ClN2O2/c1-9(2)17-7-6-16-8-11-10(13)4-5-12(14-3)15-11/h4-5,9H,6-8H2,1-3H3,(H,14,15). The maximum absolute atomic E-state index is 6.01. The van der Waals surface area contributed by atoms with E-state index in [1.807, 2.05) is 33.0 Å². The lowest BCUT2D eigenvalue weighted by Crippen LogP contribution is -2.10. The number of anilines is 1. The molecular weight excluding hydrogens is 240 g/mol. The largest absolute Gasteiger partial charge is 0.376 e. The van der Waals surface area contributed by atoms with E-state index in [-0.39, 0.29) is 6.10 Å². The third-order valence-corrected chi connectivity index (χ3v) is 2.44. The van der Waals surface area contributed by atoms with Gasteiger partial charge in [-0.3, -0.25) is 0 Å². The lowest BCUT2D eigenvalue weighted by molar-refractivity contribution is 0.0136. The van der Waals surface area contributed by atoms with E-state index >= 15 is 0 Å². The molecule has 0 aliphatic carbocycles. The van der Waals surface area contributed by atoms with Crippen LogP contribution in [0.4, 0.5) is 5.82 Å². The van der Waals surface area contributed by atoms with Crippen molar-refractivity contribution in [2.24, 2.45) is 0 Å². The van der Waals surface area contributed by atoms with Crippen LogP contribution in [0, 0.1) is 0 Å². The molecule has 0 amide bonds. The summed E-state index contributed by atoms with van der Waals surface area (Å²) in [7, 11) is 1.82. The lowest BCUT2D eigenvalue weighted by atomic mass is 10.3. The molecule has 0 saturated carbocycles. The molecular formula is C12H19ClN2O2. The Balaban J connectivity index is 2.35. The Kier molecular flexibility index (Phi) is 6.26. The molecule has 0 saturated heterocycles. The summed E-state index contributed by atoms with van der Waals surface area (Å²) in [6, 6.07) is 3.64. The number of nitrogens with one attached hydrogen (secondary N) is 1. The zero-order valence-electron chi connectivity index (χ0n) is 10.5. The van der Waals surface area contributed by atoms with Gasteiger partial charge in [-0.05, 0) is 26.0 Å². The van der Waals surface area contributed by atoms with Gasteiger partial charge in [-0.1, -0.05) is 11.6 Å². The van der Waals surface area contributed by atoms with E-state index in [0.29, 0.717) is 24.8 Å². The molecule has 96 valence electrons. The van der Waals surface area contributed by atoms with E-state index in [1.54, 1.807) is 0 Å². The number of hydrogen-bond donors (Lipinski definition) is 1. The van der Waals surface area contributed by atoms with Gasteiger partial charge in [-0.25, -0.2) is 4.98 Å². The molecule has 1 aromatic rings. The van der Waals surface area contributed by atoms with Crippen LogP contribution in [0.2, 0.25) is 5.02 Å². The second kappa shape index (κ2) is 7.48. The first-order chi connectivity index (χ1) is 8.13. The number of ether oxygens (including phenoxy) is 2. The Morgan fingerprint density at radius 3 is 2.76 bits per heavy atom. The molecule has 0 bridgehead atoms. The molecule has 0 radical (unpaired) electrons. The van der Waals surface area contributed by atoms with Crippen molar-refractivity contribution in [3.8, 4) is 0 Å². The first-order valence-corrected chi connectivity index (χ1v) is 6.03. The number of halogens is 1. The average molecular weight is 259 g/mol. The quantitative estimate of drug-likeness (QED) is 0.764. The molecule has 17 heavy (non-hydrogen) atoms. The topological polar surface area (TPSA) is 43.4 Å². The van der Waals surface area contributed by atoms with Gasteiger partial charge >= 0.3 is 0 Å². The van der Waals surface area contributed by atoms with Crippen molar-refractivity contribution in [1.29, 1.82) is 0 Å². The van der Waals surface area contributed by atoms with Crippen LogP contribution in [0.25, 0.3) is 0 Å². The van der Waals surface area contributed by atoms with Gasteiger partial charge < -0.3 is 14.8 Å². The van der Waals surface area contributed by atoms with Crippen LogP contribution in [0.1, 0.15) is 19.5 Å². The van der Waals surface area contributed by atoms with Crippen LogP contribution in [0.3, 0.4) is 0 Å². The lowest BCUT2D eigenvalue weighted by Gasteiger charge is -2.09. The molecule has 1 heterocycles. The van der Waals surface area contributed by atoms with Gasteiger partial charge in [0.15, 0.2) is 0 Å². The maximum atomic E-state index is 6.01. The first-order valence-electron chi connectivity index (χ1n) is 5.66. The van der Waals surface area contributed by atoms with E-state index in [0.717, 1.165) is 11.5 Å². The SMILES string of the molecule is CNc1ccc(Cl)c(COCCOC(C)C)n1. The fourth-order valence-electron chi connectivity index (χ4n) is 1.24. The Hall–Kier alpha value is -0.840. The Morgan fingerprint density at radius 1 is 1.35 bits per heavy atom. The fourth-order valence-corrected chi connectivity index (χ4v) is 1.40. The van der Waals surface area contributed by atoms with Crippen LogP contribution in [-0.4, -0.2) is 31.3 Å². The van der Waals surface area contributed by atoms with Gasteiger partial charge in [0.1, 0.15) is 5.82 Å². The summed E-state index contributed by atoms with van der Waals surface area (Å²) in [5.74, 6) is 0.784. The first kappa shape index (κ1) is 14.2. The van der Waals surface area contributed by atoms with Gasteiger partial charge in [-0.2, -0.15) is 0 Å². The summed E-state index contributed by atoms with van der Waals surface area (Å²) >= 11 is 6.01. The number of hydrogen-bond acceptors (Lipinski definition) is 4. The van der Waals surface area contributed by atoms with Gasteiger partial charge in [0, 0.05) is 7.05 Å². The Labute approximate surface area is 107 Å². The third-order valence-electron chi connectivity index (χ3n) is 2.09. The molecule has 5 heteroatoms. The van der Waals surface area contributed by atoms with Crippen LogP contribution in [-0.2, 0) is 16.1 Å². The van der Waals surface area contributed by atoms with Gasteiger partial charge in [-0.15, -0.1) is 0 Å². The van der Waals surface area contributed by atoms with E-state index in [9.17, 15) is 0 Å². The summed E-state index contributed by atoms with van der Waals surface area (Å²) in [6.45, 7) is 5.51. The molecule has 1 aromatic heterocycles. The monoisotopic (exact) mass is 258 g/mol. The molecule has 0 spiro atoms. The van der Waals surface area contributed by atoms with Crippen LogP contribution < -0.4 is 5.32 Å². The van der Waals surface area contributed by atoms with E-state index in [1.165, 1.54) is 0 Å². The van der Waals surface area contributed by atoms with E-state index in [2.05, 4.69) is 10.3 Å². The molecule has 0 atom stereocenters. The summed E-state index contributed by atoms with van der Waals surface area (Å²) in [5, 5.41) is 3.58. The average Bonchev–Trinajstić information content (AvgIpc) is 2.30. The number of pyridine rings is 1. The smallest absolute Gasteiger partial charge is 0.126 e. The Bertz CT molecular complexity index is 345. The van der Waals surface area contributed by atoms with Crippen LogP contribution in [0.15, 0.2) is 12.1 Å². The van der Waals surface area contributed by atoms with Gasteiger partial charge in [0.25, 0.3) is 0 Å². The molecule has 1 rings (SSSR count). The van der Waals surface area contributed by atoms with Crippen molar-refractivity contribution in [2.45, 2.75) is 26.6 Å². The van der Waals surface area contributed by atoms with E-state index < -0.39 is 0 Å². The minimum Gasteiger partial charge on any atom is -0.376 e. The predicted molar refractivity (Wildman–Crippen MR) is 69.5 cm³/mol. The summed E-state index contributed by atoms with van der Waals surface area (Å²) in [6.07, 6.45) is 0.230. The van der Waals surface area contributed by atoms with Crippen molar-refractivity contribution in [1.82, 2.24) is 4.98 Å². The fraction of sp³-hybridized carbons (Fsp3) is 0.583. The molecule has 0 aliphatic heterocycles. The normalized spacial score (nSPS) is 10.9. The number of nitrogens with zero attached hydrogens (tertiary/aromatic N) is 1. The van der Waals surface area contributed by atoms with Gasteiger partial charge in [0.05, 0.1) is 36.6 Å². The van der Waals surface area contributed by atoms with Gasteiger partial charge in [0.2, 0.25) is 0 Å². The minimum absolute atomic E-state index is 0.230. The highest BCUT2D eigenvalue weighted by atomic mass is 35.5. The summed E-state index contributed by atoms with van der Waals surface area (Å²) in [5.41, 5.74) is 0.739. The van der Waals surface area contributed by atoms with Crippen molar-refractivity contribution >= 4 is 17.4 Å². The predicted octanol–water partition coefficient (Wildman–Crippen LogP) is 2.72. The molecule has 4 nitrogen and oxygen atoms in total. The van der Waals surface area contributed by atoms with Crippen molar-refractivity contribution in [3.63, 3.8) is 0 Å². The number of rotatable bonds is 7. The molecule has 0 aliphatic rings. The second-order valence-electron chi connectivity index (χ2n) is 3.85. The zero-order chi connectivity index (χ0) is 12.7. The summed E-state index contributed by atoms with van der Waals surface area (Å²) in [4.78, 5) is 4.31. The van der Waals surface area contributed by atoms with E-state index in [4.69, 9.17) is 21.1 Å². The molecule has 0 fully saturated rings. The second-order valence-corrected chi connectivity index (χ2v) is 4.25. The maximum Gasteiger partial charge on any atom is 0.126 e. The van der Waals surface area contributed by atoms with Crippen LogP contribution >= 0.6 is 11.6 Å². The Morgan fingerprint density at radius 2 is 2.12 bits per heavy atom. The van der Waals surface area contributed by atoms with Crippen LogP contribution in [0.5, 0.6) is 0 Å². The molecule has 0 unspecified atom stereocenters. The molecule has 0 aromatic carbocycles. The highest BCUT2D eigenvalue weighted by Gasteiger charge is 2.03. The van der Waals surface area contributed by atoms with Crippen molar-refractivity contribution in [3.05, 3.63) is 22.8 Å². The third kappa shape index (κ3) is 5.35. The summed E-state index contributed by atoms with van der Waals surface area (Å²) < 4.78 is 10.8. The zero-order valence-corrected chi connectivity index (χ0v) is 11.3. The number of aromatic nitrogens is 1. The van der Waals surface area contributed by atoms with Crippen molar-refractivity contribution in [2.75, 3.05) is 25.6 Å². The highest BCUT2D eigenvalue weighted by molar-refractivity contribution is 6.31. The minimum atomic E-state index is 0.230.